The summed E-state index contributed by atoms with van der Waals surface area (Å²) in [6, 6.07) is 20.1. The Hall–Kier alpha value is -4.29. The molecule has 0 saturated heterocycles. The molecular formula is C24H18N4O4S. The van der Waals surface area contributed by atoms with Crippen LogP contribution in [0.5, 0.6) is 0 Å². The van der Waals surface area contributed by atoms with Crippen molar-refractivity contribution in [3.63, 3.8) is 0 Å². The molecule has 0 saturated carbocycles. The van der Waals surface area contributed by atoms with Gasteiger partial charge in [0, 0.05) is 23.2 Å². The van der Waals surface area contributed by atoms with Crippen molar-refractivity contribution >= 4 is 22.2 Å². The predicted molar refractivity (Wildman–Crippen MR) is 122 cm³/mol. The van der Waals surface area contributed by atoms with Gasteiger partial charge in [0.05, 0.1) is 26.5 Å². The van der Waals surface area contributed by atoms with Crippen LogP contribution in [-0.2, 0) is 15.5 Å². The predicted octanol–water partition coefficient (Wildman–Crippen LogP) is 4.28. The van der Waals surface area contributed by atoms with E-state index in [2.05, 4.69) is 11.1 Å². The van der Waals surface area contributed by atoms with E-state index in [1.54, 1.807) is 36.5 Å². The first kappa shape index (κ1) is 21.9. The van der Waals surface area contributed by atoms with Gasteiger partial charge in [-0.1, -0.05) is 35.9 Å². The fraction of sp³-hybridized carbons (Fsp3) is 0.0833. The lowest BCUT2D eigenvalue weighted by molar-refractivity contribution is -0.384. The molecule has 0 aliphatic carbocycles. The van der Waals surface area contributed by atoms with Crippen molar-refractivity contribution in [1.29, 1.82) is 5.26 Å². The molecule has 2 heterocycles. The minimum absolute atomic E-state index is 0.0685. The van der Waals surface area contributed by atoms with Crippen molar-refractivity contribution in [2.75, 3.05) is 0 Å². The molecule has 33 heavy (non-hydrogen) atoms. The number of benzene rings is 2. The van der Waals surface area contributed by atoms with Gasteiger partial charge >= 0.3 is 0 Å². The number of nitrogens with zero attached hydrogens (tertiary/aromatic N) is 3. The molecule has 0 spiro atoms. The average molecular weight is 458 g/mol. The number of ether oxygens (including phenoxy) is 1. The Morgan fingerprint density at radius 3 is 2.39 bits per heavy atom. The second-order valence-corrected chi connectivity index (χ2v) is 8.71. The number of hydrogen-bond donors (Lipinski definition) is 1. The third-order valence-electron chi connectivity index (χ3n) is 5.14. The van der Waals surface area contributed by atoms with Gasteiger partial charge in [-0.05, 0) is 36.8 Å². The van der Waals surface area contributed by atoms with Gasteiger partial charge in [-0.25, -0.2) is 4.21 Å². The molecule has 2 atom stereocenters. The van der Waals surface area contributed by atoms with Crippen molar-refractivity contribution in [3.8, 4) is 6.07 Å². The van der Waals surface area contributed by atoms with E-state index in [1.807, 2.05) is 19.1 Å². The third kappa shape index (κ3) is 4.24. The van der Waals surface area contributed by atoms with E-state index in [-0.39, 0.29) is 27.8 Å². The number of nitro groups is 1. The fourth-order valence-electron chi connectivity index (χ4n) is 3.50. The molecule has 0 bridgehead atoms. The van der Waals surface area contributed by atoms with Crippen LogP contribution in [0.3, 0.4) is 0 Å². The number of nitrogens with two attached hydrogens (primary N) is 1. The molecule has 2 aromatic carbocycles. The van der Waals surface area contributed by atoms with E-state index in [1.165, 1.54) is 24.3 Å². The standard InChI is InChI=1S/C24H18N4O4S/c1-15-5-11-18(12-6-15)33(31)23-21(16-7-9-17(10-8-16)28(29)30)19(14-25)24(26)32-22(23)20-4-2-3-13-27-20/h2-13,21H,26H2,1H3. The Labute approximate surface area is 192 Å². The molecule has 2 N–H and O–H groups in total. The molecule has 3 aromatic rings. The van der Waals surface area contributed by atoms with E-state index >= 15 is 0 Å². The lowest BCUT2D eigenvalue weighted by Gasteiger charge is -2.28. The summed E-state index contributed by atoms with van der Waals surface area (Å²) in [6.45, 7) is 1.92. The quantitative estimate of drug-likeness (QED) is 0.446. The minimum atomic E-state index is -1.75. The molecule has 1 aromatic heterocycles. The molecule has 2 unspecified atom stereocenters. The summed E-state index contributed by atoms with van der Waals surface area (Å²) in [5.74, 6) is -0.788. The van der Waals surface area contributed by atoms with Crippen molar-refractivity contribution in [3.05, 3.63) is 116 Å². The number of pyridine rings is 1. The van der Waals surface area contributed by atoms with Crippen LogP contribution < -0.4 is 5.73 Å². The number of allylic oxidation sites excluding steroid dienone is 2. The lowest BCUT2D eigenvalue weighted by atomic mass is 9.89. The second-order valence-electron chi connectivity index (χ2n) is 7.26. The van der Waals surface area contributed by atoms with E-state index in [9.17, 15) is 19.6 Å². The van der Waals surface area contributed by atoms with E-state index in [0.29, 0.717) is 16.2 Å². The van der Waals surface area contributed by atoms with Crippen LogP contribution in [-0.4, -0.2) is 14.1 Å². The summed E-state index contributed by atoms with van der Waals surface area (Å²) < 4.78 is 19.7. The summed E-state index contributed by atoms with van der Waals surface area (Å²) in [4.78, 5) is 15.7. The average Bonchev–Trinajstić information content (AvgIpc) is 2.84. The summed E-state index contributed by atoms with van der Waals surface area (Å²) in [7, 11) is -1.75. The van der Waals surface area contributed by atoms with Crippen molar-refractivity contribution in [1.82, 2.24) is 4.98 Å². The topological polar surface area (TPSA) is 132 Å². The summed E-state index contributed by atoms with van der Waals surface area (Å²) >= 11 is 0. The maximum Gasteiger partial charge on any atom is 0.269 e. The lowest BCUT2D eigenvalue weighted by Crippen LogP contribution is -2.23. The van der Waals surface area contributed by atoms with Gasteiger partial charge in [0.25, 0.3) is 5.69 Å². The first-order valence-corrected chi connectivity index (χ1v) is 11.0. The number of hydrogen-bond acceptors (Lipinski definition) is 7. The molecule has 9 heteroatoms. The zero-order valence-corrected chi connectivity index (χ0v) is 18.3. The first-order chi connectivity index (χ1) is 15.9. The minimum Gasteiger partial charge on any atom is -0.437 e. The number of nitriles is 1. The van der Waals surface area contributed by atoms with Crippen LogP contribution in [0.4, 0.5) is 5.69 Å². The monoisotopic (exact) mass is 458 g/mol. The highest BCUT2D eigenvalue weighted by Crippen LogP contribution is 2.45. The number of non-ortho nitro benzene ring substituents is 1. The third-order valence-corrected chi connectivity index (χ3v) is 6.66. The van der Waals surface area contributed by atoms with E-state index < -0.39 is 21.6 Å². The maximum atomic E-state index is 13.9. The van der Waals surface area contributed by atoms with Crippen LogP contribution in [0.15, 0.2) is 94.2 Å². The molecule has 164 valence electrons. The number of aryl methyl sites for hydroxylation is 1. The van der Waals surface area contributed by atoms with E-state index in [4.69, 9.17) is 10.5 Å². The van der Waals surface area contributed by atoms with Crippen LogP contribution in [0.25, 0.3) is 5.76 Å². The van der Waals surface area contributed by atoms with Gasteiger partial charge in [0.1, 0.15) is 17.3 Å². The van der Waals surface area contributed by atoms with Crippen LogP contribution in [0, 0.1) is 28.4 Å². The first-order valence-electron chi connectivity index (χ1n) is 9.86. The number of nitro benzene ring substituents is 1. The molecule has 0 amide bonds. The smallest absolute Gasteiger partial charge is 0.269 e. The SMILES string of the molecule is Cc1ccc(S(=O)C2=C(c3ccccn3)OC(N)=C(C#N)C2c2ccc([N+](=O)[O-])cc2)cc1. The maximum absolute atomic E-state index is 13.9. The fourth-order valence-corrected chi connectivity index (χ4v) is 4.92. The Kier molecular flexibility index (Phi) is 6.02. The molecule has 0 radical (unpaired) electrons. The van der Waals surface area contributed by atoms with Gasteiger partial charge in [0.2, 0.25) is 5.88 Å². The number of aromatic nitrogens is 1. The molecule has 4 rings (SSSR count). The van der Waals surface area contributed by atoms with E-state index in [0.717, 1.165) is 5.56 Å². The molecule has 8 nitrogen and oxygen atoms in total. The second kappa shape index (κ2) is 9.06. The Morgan fingerprint density at radius 1 is 1.12 bits per heavy atom. The van der Waals surface area contributed by atoms with Gasteiger partial charge < -0.3 is 10.5 Å². The Morgan fingerprint density at radius 2 is 1.82 bits per heavy atom. The van der Waals surface area contributed by atoms with Gasteiger partial charge in [0.15, 0.2) is 5.76 Å². The summed E-state index contributed by atoms with van der Waals surface area (Å²) in [5.41, 5.74) is 8.00. The van der Waals surface area contributed by atoms with Gasteiger partial charge in [-0.15, -0.1) is 0 Å². The zero-order chi connectivity index (χ0) is 23.5. The highest BCUT2D eigenvalue weighted by Gasteiger charge is 2.37. The summed E-state index contributed by atoms with van der Waals surface area (Å²) in [6.07, 6.45) is 1.57. The highest BCUT2D eigenvalue weighted by molar-refractivity contribution is 7.89. The molecule has 0 fully saturated rings. The van der Waals surface area contributed by atoms with Gasteiger partial charge in [-0.2, -0.15) is 5.26 Å². The van der Waals surface area contributed by atoms with Crippen LogP contribution >= 0.6 is 0 Å². The Balaban J connectivity index is 1.97. The largest absolute Gasteiger partial charge is 0.437 e. The molecule has 1 aliphatic rings. The van der Waals surface area contributed by atoms with Crippen LogP contribution in [0.1, 0.15) is 22.7 Å². The highest BCUT2D eigenvalue weighted by atomic mass is 32.2. The summed E-state index contributed by atoms with van der Waals surface area (Å²) in [5, 5.41) is 21.0. The van der Waals surface area contributed by atoms with Crippen molar-refractivity contribution in [2.24, 2.45) is 5.73 Å². The molecular weight excluding hydrogens is 440 g/mol. The van der Waals surface area contributed by atoms with Crippen molar-refractivity contribution < 1.29 is 13.9 Å². The molecule has 1 aliphatic heterocycles. The zero-order valence-electron chi connectivity index (χ0n) is 17.5. The number of rotatable bonds is 5. The van der Waals surface area contributed by atoms with Crippen molar-refractivity contribution in [2.45, 2.75) is 17.7 Å². The Bertz CT molecular complexity index is 1340. The normalized spacial score (nSPS) is 16.7. The van der Waals surface area contributed by atoms with Gasteiger partial charge in [-0.3, -0.25) is 15.1 Å². The van der Waals surface area contributed by atoms with Crippen LogP contribution in [0.2, 0.25) is 0 Å².